The Morgan fingerprint density at radius 2 is 1.72 bits per heavy atom. The van der Waals surface area contributed by atoms with Crippen molar-refractivity contribution < 1.29 is 28.6 Å². The number of hydrogen-bond donors (Lipinski definition) is 1. The van der Waals surface area contributed by atoms with E-state index in [2.05, 4.69) is 33.0 Å². The van der Waals surface area contributed by atoms with E-state index in [9.17, 15) is 14.4 Å². The molecule has 0 radical (unpaired) electrons. The topological polar surface area (TPSA) is 94.2 Å². The van der Waals surface area contributed by atoms with E-state index in [1.54, 1.807) is 21.1 Å². The van der Waals surface area contributed by atoms with E-state index in [-0.39, 0.29) is 36.5 Å². The van der Waals surface area contributed by atoms with Crippen LogP contribution < -0.4 is 5.32 Å². The molecule has 1 aliphatic heterocycles. The molecule has 2 aliphatic rings. The molecular weight excluding hydrogens is 544 g/mol. The minimum atomic E-state index is -1.08. The number of ether oxygens (including phenoxy) is 3. The van der Waals surface area contributed by atoms with Crippen molar-refractivity contribution in [2.75, 3.05) is 27.4 Å². The minimum Gasteiger partial charge on any atom is -0.464 e. The lowest BCUT2D eigenvalue weighted by Gasteiger charge is -2.36. The predicted octanol–water partition coefficient (Wildman–Crippen LogP) is 5.74. The molecule has 1 aromatic carbocycles. The highest BCUT2D eigenvalue weighted by Gasteiger charge is 2.63. The highest BCUT2D eigenvalue weighted by atomic mass is 16.5. The molecule has 43 heavy (non-hydrogen) atoms. The van der Waals surface area contributed by atoms with Crippen LogP contribution in [0.25, 0.3) is 0 Å². The zero-order valence-corrected chi connectivity index (χ0v) is 27.8. The molecule has 8 nitrogen and oxygen atoms in total. The molecule has 8 heteroatoms. The normalized spacial score (nSPS) is 25.7. The second kappa shape index (κ2) is 16.0. The summed E-state index contributed by atoms with van der Waals surface area (Å²) in [6.07, 6.45) is 4.93. The molecule has 1 saturated carbocycles. The number of likely N-dealkylation sites (tertiary alicyclic amines) is 1. The predicted molar refractivity (Wildman–Crippen MR) is 168 cm³/mol. The Morgan fingerprint density at radius 3 is 2.30 bits per heavy atom. The van der Waals surface area contributed by atoms with E-state index < -0.39 is 23.5 Å². The third-order valence-corrected chi connectivity index (χ3v) is 10.2. The van der Waals surface area contributed by atoms with Gasteiger partial charge in [0.25, 0.3) is 0 Å². The van der Waals surface area contributed by atoms with E-state index in [1.165, 1.54) is 0 Å². The molecule has 3 rings (SSSR count). The zero-order chi connectivity index (χ0) is 31.7. The van der Waals surface area contributed by atoms with Gasteiger partial charge >= 0.3 is 5.97 Å². The molecule has 9 unspecified atom stereocenters. The number of hydrogen-bond acceptors (Lipinski definition) is 6. The maximum absolute atomic E-state index is 13.8. The third kappa shape index (κ3) is 8.18. The lowest BCUT2D eigenvalue weighted by Crippen LogP contribution is -2.53. The molecule has 1 aromatic rings. The van der Waals surface area contributed by atoms with E-state index >= 15 is 0 Å². The van der Waals surface area contributed by atoms with Gasteiger partial charge in [-0.2, -0.15) is 0 Å². The number of benzene rings is 1. The fourth-order valence-electron chi connectivity index (χ4n) is 7.03. The van der Waals surface area contributed by atoms with Crippen LogP contribution in [-0.4, -0.2) is 73.8 Å². The van der Waals surface area contributed by atoms with Crippen molar-refractivity contribution in [2.24, 2.45) is 23.7 Å². The van der Waals surface area contributed by atoms with Crippen molar-refractivity contribution in [1.82, 2.24) is 10.2 Å². The average Bonchev–Trinajstić information content (AvgIpc) is 3.55. The molecule has 242 valence electrons. The zero-order valence-electron chi connectivity index (χ0n) is 27.8. The summed E-state index contributed by atoms with van der Waals surface area (Å²) in [5, 5.41) is 3.06. The quantitative estimate of drug-likeness (QED) is 0.229. The van der Waals surface area contributed by atoms with Crippen LogP contribution in [0.1, 0.15) is 98.0 Å². The van der Waals surface area contributed by atoms with Gasteiger partial charge in [-0.3, -0.25) is 9.59 Å². The first-order valence-electron chi connectivity index (χ1n) is 16.5. The molecular formula is C35H56N2O6. The molecule has 1 N–H and O–H groups in total. The number of rotatable bonds is 17. The smallest absolute Gasteiger partial charge is 0.332 e. The van der Waals surface area contributed by atoms with Crippen molar-refractivity contribution in [3.8, 4) is 0 Å². The molecule has 0 bridgehead atoms. The largest absolute Gasteiger partial charge is 0.464 e. The van der Waals surface area contributed by atoms with Crippen LogP contribution in [0.2, 0.25) is 0 Å². The number of nitrogens with one attached hydrogen (secondary N) is 1. The maximum Gasteiger partial charge on any atom is 0.332 e. The molecule has 9 atom stereocenters. The van der Waals surface area contributed by atoms with Crippen LogP contribution in [0.3, 0.4) is 0 Å². The Morgan fingerprint density at radius 1 is 1.02 bits per heavy atom. The van der Waals surface area contributed by atoms with Gasteiger partial charge in [0, 0.05) is 26.7 Å². The lowest BCUT2D eigenvalue weighted by atomic mass is 9.79. The van der Waals surface area contributed by atoms with E-state index in [4.69, 9.17) is 14.2 Å². The summed E-state index contributed by atoms with van der Waals surface area (Å²) in [4.78, 5) is 42.6. The van der Waals surface area contributed by atoms with Crippen molar-refractivity contribution in [3.63, 3.8) is 0 Å². The van der Waals surface area contributed by atoms with Gasteiger partial charge in [-0.15, -0.1) is 0 Å². The van der Waals surface area contributed by atoms with Crippen LogP contribution in [0.4, 0.5) is 0 Å². The summed E-state index contributed by atoms with van der Waals surface area (Å²) in [6.45, 7) is 13.4. The first kappa shape index (κ1) is 35.0. The molecule has 2 fully saturated rings. The van der Waals surface area contributed by atoms with Gasteiger partial charge in [-0.1, -0.05) is 77.8 Å². The van der Waals surface area contributed by atoms with Crippen LogP contribution >= 0.6 is 0 Å². The van der Waals surface area contributed by atoms with Crippen LogP contribution in [0, 0.1) is 23.7 Å². The highest BCUT2D eigenvalue weighted by Crippen LogP contribution is 2.52. The lowest BCUT2D eigenvalue weighted by molar-refractivity contribution is -0.150. The van der Waals surface area contributed by atoms with Crippen molar-refractivity contribution in [2.45, 2.75) is 116 Å². The average molecular weight is 601 g/mol. The van der Waals surface area contributed by atoms with Gasteiger partial charge in [0.2, 0.25) is 11.8 Å². The van der Waals surface area contributed by atoms with E-state index in [0.717, 1.165) is 37.7 Å². The van der Waals surface area contributed by atoms with Crippen molar-refractivity contribution >= 4 is 17.8 Å². The second-order valence-electron chi connectivity index (χ2n) is 12.9. The first-order valence-corrected chi connectivity index (χ1v) is 16.5. The van der Waals surface area contributed by atoms with Gasteiger partial charge in [0.1, 0.15) is 5.54 Å². The summed E-state index contributed by atoms with van der Waals surface area (Å²) < 4.78 is 17.3. The molecule has 2 amide bonds. The Bertz CT molecular complexity index is 1050. The van der Waals surface area contributed by atoms with E-state index in [0.29, 0.717) is 37.1 Å². The minimum absolute atomic E-state index is 0.0517. The SMILES string of the molecule is CCOC(=O)C1(NC(=O)C(C)C(OC)C2CCCN2C(=O)CC(OC)C(CC(C)CC)C(C)CC)CC1c1ccccc1. The van der Waals surface area contributed by atoms with Crippen LogP contribution in [0.15, 0.2) is 30.3 Å². The van der Waals surface area contributed by atoms with E-state index in [1.807, 2.05) is 42.2 Å². The molecule has 0 aromatic heterocycles. The van der Waals surface area contributed by atoms with Gasteiger partial charge in [0.05, 0.1) is 37.2 Å². The number of methoxy groups -OCH3 is 2. The Labute approximate surface area is 259 Å². The summed E-state index contributed by atoms with van der Waals surface area (Å²) in [5.41, 5.74) is -0.0885. The van der Waals surface area contributed by atoms with Crippen LogP contribution in [0.5, 0.6) is 0 Å². The van der Waals surface area contributed by atoms with Crippen LogP contribution in [-0.2, 0) is 28.6 Å². The summed E-state index contributed by atoms with van der Waals surface area (Å²) in [6, 6.07) is 9.53. The Balaban J connectivity index is 1.74. The highest BCUT2D eigenvalue weighted by molar-refractivity contribution is 5.93. The number of carbonyl (C=O) groups excluding carboxylic acids is 3. The molecule has 1 aliphatic carbocycles. The van der Waals surface area contributed by atoms with Gasteiger partial charge < -0.3 is 24.4 Å². The monoisotopic (exact) mass is 600 g/mol. The maximum atomic E-state index is 13.8. The van der Waals surface area contributed by atoms with Crippen molar-refractivity contribution in [3.05, 3.63) is 35.9 Å². The third-order valence-electron chi connectivity index (χ3n) is 10.2. The fourth-order valence-corrected chi connectivity index (χ4v) is 7.03. The summed E-state index contributed by atoms with van der Waals surface area (Å²) in [5.74, 6) is -0.0335. The summed E-state index contributed by atoms with van der Waals surface area (Å²) in [7, 11) is 3.32. The first-order chi connectivity index (χ1) is 20.6. The Kier molecular flexibility index (Phi) is 13.1. The summed E-state index contributed by atoms with van der Waals surface area (Å²) >= 11 is 0. The number of nitrogens with zero attached hydrogens (tertiary/aromatic N) is 1. The second-order valence-corrected chi connectivity index (χ2v) is 12.9. The standard InChI is InChI=1S/C35H56N2O6/c1-9-23(4)20-27(24(5)10-2)30(41-7)21-31(38)37-19-15-18-29(37)32(42-8)25(6)33(39)36-35(34(40)43-11-3)22-28(35)26-16-13-12-14-17-26/h12-14,16-17,23-25,27-30,32H,9-11,15,18-22H2,1-8H3,(H,36,39). The molecule has 1 heterocycles. The van der Waals surface area contributed by atoms with Crippen molar-refractivity contribution in [1.29, 1.82) is 0 Å². The number of carbonyl (C=O) groups is 3. The van der Waals surface area contributed by atoms with Gasteiger partial charge in [-0.25, -0.2) is 4.79 Å². The Hall–Kier alpha value is -2.45. The fraction of sp³-hybridized carbons (Fsp3) is 0.743. The van der Waals surface area contributed by atoms with Gasteiger partial charge in [0.15, 0.2) is 0 Å². The number of esters is 1. The molecule has 1 saturated heterocycles. The van der Waals surface area contributed by atoms with Gasteiger partial charge in [-0.05, 0) is 55.9 Å². The molecule has 0 spiro atoms. The number of amides is 2.